The number of imide groups is 1. The number of nitrogens with zero attached hydrogens (tertiary/aromatic N) is 4. The monoisotopic (exact) mass is 385 g/mol. The van der Waals surface area contributed by atoms with E-state index in [0.29, 0.717) is 0 Å². The molecule has 0 bridgehead atoms. The lowest BCUT2D eigenvalue weighted by atomic mass is 10.1. The third-order valence-corrected chi connectivity index (χ3v) is 4.36. The van der Waals surface area contributed by atoms with Crippen molar-refractivity contribution >= 4 is 29.1 Å². The molecule has 1 N–H and O–H groups in total. The van der Waals surface area contributed by atoms with Crippen LogP contribution in [0.2, 0.25) is 0 Å². The number of hydrogen-bond acceptors (Lipinski definition) is 6. The summed E-state index contributed by atoms with van der Waals surface area (Å²) in [6, 6.07) is 8.09. The standard InChI is InChI=1S/C18H13F2N5O3/c19-10-4-6-13(7-5-10)25-17(27)15-16(18(25)28)24(23-22-15)9-14(26)21-12-3-1-2-11(20)8-12/h1-8,15-16H,9H2,(H,21,26)/t15-,16+/m0/s1. The van der Waals surface area contributed by atoms with Gasteiger partial charge in [-0.2, -0.15) is 5.11 Å². The van der Waals surface area contributed by atoms with Gasteiger partial charge in [0.2, 0.25) is 5.91 Å². The van der Waals surface area contributed by atoms with E-state index in [4.69, 9.17) is 0 Å². The third-order valence-electron chi connectivity index (χ3n) is 4.36. The molecule has 28 heavy (non-hydrogen) atoms. The minimum atomic E-state index is -1.07. The maximum absolute atomic E-state index is 13.2. The Bertz CT molecular complexity index is 995. The number of hydrogen-bond donors (Lipinski definition) is 1. The first-order valence-electron chi connectivity index (χ1n) is 8.30. The lowest BCUT2D eigenvalue weighted by molar-refractivity contribution is -0.123. The molecule has 4 rings (SSSR count). The van der Waals surface area contributed by atoms with Gasteiger partial charge in [-0.05, 0) is 42.5 Å². The summed E-state index contributed by atoms with van der Waals surface area (Å²) in [5.74, 6) is -2.77. The van der Waals surface area contributed by atoms with E-state index < -0.39 is 41.4 Å². The van der Waals surface area contributed by atoms with Gasteiger partial charge in [-0.25, -0.2) is 13.7 Å². The Kier molecular flexibility index (Phi) is 4.30. The fourth-order valence-corrected chi connectivity index (χ4v) is 3.11. The van der Waals surface area contributed by atoms with E-state index in [1.54, 1.807) is 0 Å². The van der Waals surface area contributed by atoms with E-state index in [1.807, 2.05) is 0 Å². The highest BCUT2D eigenvalue weighted by Gasteiger charge is 2.55. The van der Waals surface area contributed by atoms with Gasteiger partial charge < -0.3 is 5.32 Å². The molecule has 2 aliphatic heterocycles. The van der Waals surface area contributed by atoms with Crippen LogP contribution < -0.4 is 10.2 Å². The van der Waals surface area contributed by atoms with E-state index in [-0.39, 0.29) is 17.9 Å². The molecule has 0 unspecified atom stereocenters. The van der Waals surface area contributed by atoms with Gasteiger partial charge in [-0.1, -0.05) is 11.3 Å². The molecule has 10 heteroatoms. The van der Waals surface area contributed by atoms with E-state index in [9.17, 15) is 23.2 Å². The number of anilines is 2. The number of fused-ring (bicyclic) bond motifs is 1. The molecule has 0 aromatic heterocycles. The number of benzene rings is 2. The van der Waals surface area contributed by atoms with Crippen molar-refractivity contribution in [2.45, 2.75) is 12.1 Å². The van der Waals surface area contributed by atoms with E-state index in [1.165, 1.54) is 30.3 Å². The quantitative estimate of drug-likeness (QED) is 0.814. The number of amides is 3. The summed E-state index contributed by atoms with van der Waals surface area (Å²) >= 11 is 0. The van der Waals surface area contributed by atoms with Crippen LogP contribution in [-0.4, -0.2) is 41.4 Å². The second-order valence-corrected chi connectivity index (χ2v) is 6.24. The summed E-state index contributed by atoms with van der Waals surface area (Å²) in [4.78, 5) is 38.4. The van der Waals surface area contributed by atoms with Crippen molar-refractivity contribution in [2.24, 2.45) is 10.3 Å². The fraction of sp³-hybridized carbons (Fsp3) is 0.167. The molecule has 2 atom stereocenters. The van der Waals surface area contributed by atoms with Gasteiger partial charge in [0.1, 0.15) is 18.2 Å². The molecule has 8 nitrogen and oxygen atoms in total. The Morgan fingerprint density at radius 1 is 1.04 bits per heavy atom. The van der Waals surface area contributed by atoms with Crippen molar-refractivity contribution in [1.82, 2.24) is 5.01 Å². The highest BCUT2D eigenvalue weighted by atomic mass is 19.1. The van der Waals surface area contributed by atoms with Crippen LogP contribution in [0.1, 0.15) is 0 Å². The minimum Gasteiger partial charge on any atom is -0.324 e. The van der Waals surface area contributed by atoms with Crippen molar-refractivity contribution in [3.8, 4) is 0 Å². The van der Waals surface area contributed by atoms with Crippen LogP contribution in [-0.2, 0) is 14.4 Å². The number of carbonyl (C=O) groups excluding carboxylic acids is 3. The maximum atomic E-state index is 13.2. The molecule has 2 heterocycles. The summed E-state index contributed by atoms with van der Waals surface area (Å²) in [7, 11) is 0. The molecule has 1 saturated heterocycles. The highest BCUT2D eigenvalue weighted by molar-refractivity contribution is 6.25. The summed E-state index contributed by atoms with van der Waals surface area (Å²) in [6.07, 6.45) is 0. The van der Waals surface area contributed by atoms with E-state index in [0.717, 1.165) is 28.1 Å². The topological polar surface area (TPSA) is 94.4 Å². The SMILES string of the molecule is O=C(CN1N=N[C@@H]2C(=O)N(c3ccc(F)cc3)C(=O)[C@@H]21)Nc1cccc(F)c1. The second kappa shape index (κ2) is 6.80. The Morgan fingerprint density at radius 2 is 1.79 bits per heavy atom. The minimum absolute atomic E-state index is 0.213. The number of halogens is 2. The smallest absolute Gasteiger partial charge is 0.263 e. The molecule has 3 amide bonds. The average Bonchev–Trinajstić information content (AvgIpc) is 3.16. The van der Waals surface area contributed by atoms with Gasteiger partial charge in [0.05, 0.1) is 5.69 Å². The predicted octanol–water partition coefficient (Wildman–Crippen LogP) is 1.90. The molecule has 142 valence electrons. The fourth-order valence-electron chi connectivity index (χ4n) is 3.11. The largest absolute Gasteiger partial charge is 0.324 e. The summed E-state index contributed by atoms with van der Waals surface area (Å²) in [5, 5.41) is 11.2. The van der Waals surface area contributed by atoms with Crippen LogP contribution in [0.4, 0.5) is 20.2 Å². The highest BCUT2D eigenvalue weighted by Crippen LogP contribution is 2.31. The Morgan fingerprint density at radius 3 is 2.50 bits per heavy atom. The predicted molar refractivity (Wildman–Crippen MR) is 93.1 cm³/mol. The summed E-state index contributed by atoms with van der Waals surface area (Å²) < 4.78 is 26.3. The van der Waals surface area contributed by atoms with Gasteiger partial charge >= 0.3 is 0 Å². The maximum Gasteiger partial charge on any atom is 0.263 e. The molecular formula is C18H13F2N5O3. The van der Waals surface area contributed by atoms with Gasteiger partial charge in [0.15, 0.2) is 12.1 Å². The van der Waals surface area contributed by atoms with Crippen LogP contribution in [0.25, 0.3) is 0 Å². The number of rotatable bonds is 4. The van der Waals surface area contributed by atoms with Crippen LogP contribution in [0.5, 0.6) is 0 Å². The first-order valence-corrected chi connectivity index (χ1v) is 8.30. The zero-order valence-electron chi connectivity index (χ0n) is 14.3. The molecule has 0 spiro atoms. The number of carbonyl (C=O) groups is 3. The van der Waals surface area contributed by atoms with Crippen LogP contribution in [0, 0.1) is 11.6 Å². The second-order valence-electron chi connectivity index (χ2n) is 6.24. The Balaban J connectivity index is 1.48. The molecule has 0 radical (unpaired) electrons. The van der Waals surface area contributed by atoms with Crippen LogP contribution in [0.3, 0.4) is 0 Å². The van der Waals surface area contributed by atoms with Crippen molar-refractivity contribution < 1.29 is 23.2 Å². The molecule has 0 saturated carbocycles. The number of nitrogens with one attached hydrogen (secondary N) is 1. The summed E-state index contributed by atoms with van der Waals surface area (Å²) in [6.45, 7) is -0.350. The normalized spacial score (nSPS) is 20.6. The molecule has 0 aliphatic carbocycles. The van der Waals surface area contributed by atoms with E-state index >= 15 is 0 Å². The van der Waals surface area contributed by atoms with Gasteiger partial charge in [0.25, 0.3) is 11.8 Å². The van der Waals surface area contributed by atoms with Crippen molar-refractivity contribution in [3.63, 3.8) is 0 Å². The first kappa shape index (κ1) is 17.7. The zero-order chi connectivity index (χ0) is 19.8. The van der Waals surface area contributed by atoms with Gasteiger partial charge in [0, 0.05) is 5.69 Å². The molecule has 2 aliphatic rings. The average molecular weight is 385 g/mol. The summed E-state index contributed by atoms with van der Waals surface area (Å²) in [5.41, 5.74) is 0.463. The van der Waals surface area contributed by atoms with Crippen LogP contribution in [0.15, 0.2) is 58.9 Å². The van der Waals surface area contributed by atoms with Crippen molar-refractivity contribution in [3.05, 3.63) is 60.2 Å². The Labute approximate surface area is 157 Å². The lowest BCUT2D eigenvalue weighted by Gasteiger charge is -2.20. The van der Waals surface area contributed by atoms with Crippen molar-refractivity contribution in [1.29, 1.82) is 0 Å². The van der Waals surface area contributed by atoms with E-state index in [2.05, 4.69) is 15.7 Å². The lowest BCUT2D eigenvalue weighted by Crippen LogP contribution is -2.43. The molecule has 2 aromatic carbocycles. The zero-order valence-corrected chi connectivity index (χ0v) is 14.3. The van der Waals surface area contributed by atoms with Crippen LogP contribution >= 0.6 is 0 Å². The van der Waals surface area contributed by atoms with Crippen molar-refractivity contribution in [2.75, 3.05) is 16.8 Å². The Hall–Kier alpha value is -3.69. The molecular weight excluding hydrogens is 372 g/mol. The van der Waals surface area contributed by atoms with Gasteiger partial charge in [-0.15, -0.1) is 0 Å². The van der Waals surface area contributed by atoms with Gasteiger partial charge in [-0.3, -0.25) is 19.4 Å². The third kappa shape index (κ3) is 3.08. The molecule has 1 fully saturated rings. The first-order chi connectivity index (χ1) is 13.4. The molecule has 2 aromatic rings.